The van der Waals surface area contributed by atoms with E-state index in [1.807, 2.05) is 6.92 Å². The van der Waals surface area contributed by atoms with Crippen LogP contribution in [0.4, 0.5) is 0 Å². The van der Waals surface area contributed by atoms with Gasteiger partial charge in [-0.05, 0) is 5.92 Å². The van der Waals surface area contributed by atoms with Crippen LogP contribution in [0.3, 0.4) is 0 Å². The first-order valence-electron chi connectivity index (χ1n) is 5.66. The van der Waals surface area contributed by atoms with Crippen LogP contribution < -0.4 is 0 Å². The zero-order chi connectivity index (χ0) is 12.0. The molecule has 0 bridgehead atoms. The molecular weight excluding hydrogens is 210 g/mol. The number of aliphatic hydroxyl groups excluding tert-OH is 1. The first kappa shape index (κ1) is 13.4. The highest BCUT2D eigenvalue weighted by molar-refractivity contribution is 5.76. The third-order valence-electron chi connectivity index (χ3n) is 2.73. The van der Waals surface area contributed by atoms with Gasteiger partial charge in [0, 0.05) is 26.7 Å². The van der Waals surface area contributed by atoms with Crippen molar-refractivity contribution in [1.29, 1.82) is 0 Å². The molecule has 0 spiro atoms. The molecule has 0 aromatic heterocycles. The number of carbonyl (C=O) groups is 1. The van der Waals surface area contributed by atoms with E-state index < -0.39 is 0 Å². The van der Waals surface area contributed by atoms with Crippen LogP contribution in [0, 0.1) is 5.92 Å². The predicted molar refractivity (Wildman–Crippen MR) is 59.1 cm³/mol. The van der Waals surface area contributed by atoms with Crippen LogP contribution >= 0.6 is 0 Å². The van der Waals surface area contributed by atoms with Crippen molar-refractivity contribution in [1.82, 2.24) is 4.90 Å². The molecule has 1 saturated heterocycles. The predicted octanol–water partition coefficient (Wildman–Crippen LogP) is -0.121. The quantitative estimate of drug-likeness (QED) is 0.716. The normalized spacial score (nSPS) is 23.2. The lowest BCUT2D eigenvalue weighted by Gasteiger charge is -2.35. The number of amides is 1. The van der Waals surface area contributed by atoms with E-state index in [4.69, 9.17) is 14.6 Å². The molecule has 1 heterocycles. The minimum Gasteiger partial charge on any atom is -0.394 e. The lowest BCUT2D eigenvalue weighted by atomic mass is 10.1. The zero-order valence-electron chi connectivity index (χ0n) is 10.0. The average Bonchev–Trinajstić information content (AvgIpc) is 2.29. The second-order valence-corrected chi connectivity index (χ2v) is 4.26. The molecule has 1 amide bonds. The van der Waals surface area contributed by atoms with Crippen molar-refractivity contribution in [2.24, 2.45) is 5.92 Å². The summed E-state index contributed by atoms with van der Waals surface area (Å²) in [7, 11) is 1.63. The molecule has 1 N–H and O–H groups in total. The van der Waals surface area contributed by atoms with Gasteiger partial charge in [0.1, 0.15) is 0 Å². The van der Waals surface area contributed by atoms with Gasteiger partial charge in [0.15, 0.2) is 0 Å². The Balaban J connectivity index is 2.44. The first-order chi connectivity index (χ1) is 7.69. The smallest absolute Gasteiger partial charge is 0.223 e. The summed E-state index contributed by atoms with van der Waals surface area (Å²) in [5.74, 6) is 0.284. The highest BCUT2D eigenvalue weighted by Gasteiger charge is 2.27. The van der Waals surface area contributed by atoms with E-state index in [2.05, 4.69) is 0 Å². The van der Waals surface area contributed by atoms with Crippen LogP contribution in [0.2, 0.25) is 0 Å². The first-order valence-corrected chi connectivity index (χ1v) is 5.66. The number of morpholine rings is 1. The fourth-order valence-corrected chi connectivity index (χ4v) is 1.89. The number of ether oxygens (including phenoxy) is 2. The summed E-state index contributed by atoms with van der Waals surface area (Å²) in [6.07, 6.45) is 0.463. The van der Waals surface area contributed by atoms with Crippen LogP contribution in [-0.4, -0.2) is 62.0 Å². The lowest BCUT2D eigenvalue weighted by Crippen LogP contribution is -2.50. The Kier molecular flexibility index (Phi) is 5.73. The third kappa shape index (κ3) is 3.73. The summed E-state index contributed by atoms with van der Waals surface area (Å²) in [5, 5.41) is 9.15. The molecule has 1 aliphatic heterocycles. The van der Waals surface area contributed by atoms with Crippen LogP contribution in [0.25, 0.3) is 0 Å². The van der Waals surface area contributed by atoms with Gasteiger partial charge in [0.05, 0.1) is 25.9 Å². The van der Waals surface area contributed by atoms with E-state index in [0.29, 0.717) is 32.8 Å². The minimum atomic E-state index is -0.184. The fourth-order valence-electron chi connectivity index (χ4n) is 1.89. The molecular formula is C11H21NO4. The second-order valence-electron chi connectivity index (χ2n) is 4.26. The van der Waals surface area contributed by atoms with Crippen molar-refractivity contribution < 1.29 is 19.4 Å². The number of hydrogen-bond donors (Lipinski definition) is 1. The number of hydrogen-bond acceptors (Lipinski definition) is 4. The zero-order valence-corrected chi connectivity index (χ0v) is 10.0. The molecule has 0 aliphatic carbocycles. The van der Waals surface area contributed by atoms with Crippen molar-refractivity contribution in [2.45, 2.75) is 19.4 Å². The third-order valence-corrected chi connectivity index (χ3v) is 2.73. The molecule has 2 atom stereocenters. The molecule has 1 rings (SSSR count). The Labute approximate surface area is 96.3 Å². The van der Waals surface area contributed by atoms with Crippen molar-refractivity contribution in [3.05, 3.63) is 0 Å². The molecule has 5 heteroatoms. The van der Waals surface area contributed by atoms with Crippen LogP contribution in [-0.2, 0) is 14.3 Å². The number of nitrogens with zero attached hydrogens (tertiary/aromatic N) is 1. The molecule has 94 valence electrons. The van der Waals surface area contributed by atoms with Crippen LogP contribution in [0.1, 0.15) is 13.3 Å². The Bertz CT molecular complexity index is 222. The second kappa shape index (κ2) is 6.83. The van der Waals surface area contributed by atoms with Gasteiger partial charge >= 0.3 is 0 Å². The standard InChI is InChI=1S/C11H21NO4/c1-9(7-15-2)5-11(14)12-3-4-16-8-10(12)6-13/h9-10,13H,3-8H2,1-2H3. The Morgan fingerprint density at radius 1 is 1.69 bits per heavy atom. The molecule has 2 unspecified atom stereocenters. The van der Waals surface area contributed by atoms with Gasteiger partial charge in [0.2, 0.25) is 5.91 Å². The average molecular weight is 231 g/mol. The van der Waals surface area contributed by atoms with Crippen molar-refractivity contribution in [3.8, 4) is 0 Å². The lowest BCUT2D eigenvalue weighted by molar-refractivity contribution is -0.142. The molecule has 1 fully saturated rings. The molecule has 0 radical (unpaired) electrons. The highest BCUT2D eigenvalue weighted by Crippen LogP contribution is 2.12. The molecule has 0 aromatic rings. The Morgan fingerprint density at radius 2 is 2.44 bits per heavy atom. The van der Waals surface area contributed by atoms with E-state index in [-0.39, 0.29) is 24.5 Å². The summed E-state index contributed by atoms with van der Waals surface area (Å²) < 4.78 is 10.2. The van der Waals surface area contributed by atoms with Crippen molar-refractivity contribution in [2.75, 3.05) is 40.1 Å². The van der Waals surface area contributed by atoms with Gasteiger partial charge in [-0.3, -0.25) is 4.79 Å². The Morgan fingerprint density at radius 3 is 3.06 bits per heavy atom. The fraction of sp³-hybridized carbons (Fsp3) is 0.909. The largest absolute Gasteiger partial charge is 0.394 e. The number of carbonyl (C=O) groups excluding carboxylic acids is 1. The summed E-state index contributed by atoms with van der Waals surface area (Å²) in [6, 6.07) is -0.184. The van der Waals surface area contributed by atoms with Crippen molar-refractivity contribution >= 4 is 5.91 Å². The van der Waals surface area contributed by atoms with Crippen molar-refractivity contribution in [3.63, 3.8) is 0 Å². The van der Waals surface area contributed by atoms with Crippen LogP contribution in [0.15, 0.2) is 0 Å². The molecule has 1 aliphatic rings. The van der Waals surface area contributed by atoms with E-state index in [0.717, 1.165) is 0 Å². The van der Waals surface area contributed by atoms with E-state index in [1.165, 1.54) is 0 Å². The molecule has 16 heavy (non-hydrogen) atoms. The summed E-state index contributed by atoms with van der Waals surface area (Å²) >= 11 is 0. The number of methoxy groups -OCH3 is 1. The summed E-state index contributed by atoms with van der Waals surface area (Å²) in [6.45, 7) is 4.09. The van der Waals surface area contributed by atoms with Crippen LogP contribution in [0.5, 0.6) is 0 Å². The Hall–Kier alpha value is -0.650. The van der Waals surface area contributed by atoms with Gasteiger partial charge < -0.3 is 19.5 Å². The molecule has 5 nitrogen and oxygen atoms in total. The SMILES string of the molecule is COCC(C)CC(=O)N1CCOCC1CO. The summed E-state index contributed by atoms with van der Waals surface area (Å²) in [4.78, 5) is 13.7. The molecule has 0 aromatic carbocycles. The molecule has 0 saturated carbocycles. The maximum atomic E-state index is 12.0. The number of aliphatic hydroxyl groups is 1. The van der Waals surface area contributed by atoms with E-state index in [9.17, 15) is 4.79 Å². The van der Waals surface area contributed by atoms with Gasteiger partial charge in [-0.15, -0.1) is 0 Å². The van der Waals surface area contributed by atoms with E-state index >= 15 is 0 Å². The van der Waals surface area contributed by atoms with Gasteiger partial charge in [0.25, 0.3) is 0 Å². The topological polar surface area (TPSA) is 59.0 Å². The number of rotatable bonds is 5. The van der Waals surface area contributed by atoms with Gasteiger partial charge in [-0.2, -0.15) is 0 Å². The highest BCUT2D eigenvalue weighted by atomic mass is 16.5. The maximum Gasteiger partial charge on any atom is 0.223 e. The van der Waals surface area contributed by atoms with Gasteiger partial charge in [-0.25, -0.2) is 0 Å². The monoisotopic (exact) mass is 231 g/mol. The maximum absolute atomic E-state index is 12.0. The minimum absolute atomic E-state index is 0.0373. The summed E-state index contributed by atoms with van der Waals surface area (Å²) in [5.41, 5.74) is 0. The van der Waals surface area contributed by atoms with E-state index in [1.54, 1.807) is 12.0 Å². The van der Waals surface area contributed by atoms with Gasteiger partial charge in [-0.1, -0.05) is 6.92 Å².